The monoisotopic (exact) mass is 507 g/mol. The molecule has 0 amide bonds. The number of benzene rings is 1. The predicted molar refractivity (Wildman–Crippen MR) is 142 cm³/mol. The maximum atomic E-state index is 13.6. The molecule has 6 heterocycles. The number of pyridine rings is 3. The molecule has 6 aromatic rings. The zero-order chi connectivity index (χ0) is 25.7. The third-order valence-electron chi connectivity index (χ3n) is 7.14. The zero-order valence-corrected chi connectivity index (χ0v) is 20.3. The number of likely N-dealkylation sites (tertiary alicyclic amines) is 1. The first-order valence-electron chi connectivity index (χ1n) is 12.4. The highest BCUT2D eigenvalue weighted by Crippen LogP contribution is 2.35. The van der Waals surface area contributed by atoms with Crippen LogP contribution in [0.3, 0.4) is 0 Å². The van der Waals surface area contributed by atoms with E-state index in [0.29, 0.717) is 13.1 Å². The van der Waals surface area contributed by atoms with Gasteiger partial charge in [0, 0.05) is 72.4 Å². The van der Waals surface area contributed by atoms with Gasteiger partial charge in [0.05, 0.1) is 29.5 Å². The third-order valence-corrected chi connectivity index (χ3v) is 7.14. The minimum Gasteiger partial charge on any atom is -0.352 e. The molecule has 0 unspecified atom stereocenters. The second-order valence-electron chi connectivity index (χ2n) is 9.80. The van der Waals surface area contributed by atoms with Gasteiger partial charge in [-0.15, -0.1) is 0 Å². The molecule has 1 aliphatic rings. The summed E-state index contributed by atoms with van der Waals surface area (Å²) in [6, 6.07) is 14.2. The molecule has 9 heteroatoms. The van der Waals surface area contributed by atoms with Crippen molar-refractivity contribution in [3.63, 3.8) is 0 Å². The lowest BCUT2D eigenvalue weighted by molar-refractivity contribution is 0.0115. The number of alkyl halides is 2. The molecule has 0 aliphatic carbocycles. The van der Waals surface area contributed by atoms with Crippen molar-refractivity contribution in [2.75, 3.05) is 13.1 Å². The predicted octanol–water partition coefficient (Wildman–Crippen LogP) is 6.07. The normalized spacial score (nSPS) is 15.5. The fraction of sp³-hybridized carbons (Fsp3) is 0.172. The first-order chi connectivity index (χ1) is 18.5. The molecule has 0 bridgehead atoms. The van der Waals surface area contributed by atoms with Crippen LogP contribution in [0.2, 0.25) is 0 Å². The number of nitrogens with zero attached hydrogens (tertiary/aromatic N) is 5. The van der Waals surface area contributed by atoms with E-state index in [-0.39, 0.29) is 13.0 Å². The molecule has 2 N–H and O–H groups in total. The largest absolute Gasteiger partial charge is 0.352 e. The van der Waals surface area contributed by atoms with Gasteiger partial charge in [0.25, 0.3) is 5.92 Å². The fourth-order valence-corrected chi connectivity index (χ4v) is 5.27. The zero-order valence-electron chi connectivity index (χ0n) is 20.3. The lowest BCUT2D eigenvalue weighted by atomic mass is 10.0. The van der Waals surface area contributed by atoms with Crippen molar-refractivity contribution < 1.29 is 8.78 Å². The minimum atomic E-state index is -2.61. The van der Waals surface area contributed by atoms with Gasteiger partial charge in [0.2, 0.25) is 0 Å². The summed E-state index contributed by atoms with van der Waals surface area (Å²) in [6.07, 6.45) is 10.7. The highest BCUT2D eigenvalue weighted by atomic mass is 19.3. The molecular formula is C29H23F2N7. The first kappa shape index (κ1) is 22.7. The summed E-state index contributed by atoms with van der Waals surface area (Å²) < 4.78 is 27.3. The summed E-state index contributed by atoms with van der Waals surface area (Å²) in [4.78, 5) is 18.2. The summed E-state index contributed by atoms with van der Waals surface area (Å²) in [5, 5.41) is 9.78. The quantitative estimate of drug-likeness (QED) is 0.296. The van der Waals surface area contributed by atoms with Crippen LogP contribution in [0.1, 0.15) is 12.0 Å². The summed E-state index contributed by atoms with van der Waals surface area (Å²) >= 11 is 0. The number of rotatable bonds is 5. The molecule has 5 aromatic heterocycles. The molecule has 0 radical (unpaired) electrons. The van der Waals surface area contributed by atoms with Gasteiger partial charge in [0.1, 0.15) is 5.69 Å². The minimum absolute atomic E-state index is 0.0894. The van der Waals surface area contributed by atoms with Gasteiger partial charge in [0.15, 0.2) is 0 Å². The maximum Gasteiger partial charge on any atom is 0.261 e. The van der Waals surface area contributed by atoms with Crippen LogP contribution in [0.25, 0.3) is 55.4 Å². The molecule has 1 aromatic carbocycles. The van der Waals surface area contributed by atoms with Gasteiger partial charge < -0.3 is 4.98 Å². The van der Waals surface area contributed by atoms with Gasteiger partial charge in [-0.3, -0.25) is 25.0 Å². The van der Waals surface area contributed by atoms with Crippen LogP contribution in [-0.2, 0) is 6.54 Å². The lowest BCUT2D eigenvalue weighted by Gasteiger charge is -2.15. The number of aromatic amines is 2. The first-order valence-corrected chi connectivity index (χ1v) is 12.4. The summed E-state index contributed by atoms with van der Waals surface area (Å²) in [6.45, 7) is 0.646. The van der Waals surface area contributed by atoms with E-state index in [0.717, 1.165) is 61.0 Å². The van der Waals surface area contributed by atoms with Crippen LogP contribution in [0, 0.1) is 0 Å². The van der Waals surface area contributed by atoms with Gasteiger partial charge in [-0.2, -0.15) is 5.10 Å². The number of hydrogen-bond donors (Lipinski definition) is 2. The number of halogens is 2. The third kappa shape index (κ3) is 4.10. The Morgan fingerprint density at radius 2 is 1.68 bits per heavy atom. The van der Waals surface area contributed by atoms with Gasteiger partial charge in [-0.1, -0.05) is 6.07 Å². The maximum absolute atomic E-state index is 13.6. The Morgan fingerprint density at radius 3 is 2.53 bits per heavy atom. The Hall–Kier alpha value is -4.50. The highest BCUT2D eigenvalue weighted by Gasteiger charge is 2.37. The van der Waals surface area contributed by atoms with E-state index in [9.17, 15) is 8.78 Å². The molecule has 7 nitrogen and oxygen atoms in total. The van der Waals surface area contributed by atoms with Gasteiger partial charge in [-0.25, -0.2) is 8.78 Å². The molecular weight excluding hydrogens is 484 g/mol. The lowest BCUT2D eigenvalue weighted by Crippen LogP contribution is -2.24. The van der Waals surface area contributed by atoms with Crippen molar-refractivity contribution in [3.05, 3.63) is 85.2 Å². The number of fused-ring (bicyclic) bond motifs is 2. The van der Waals surface area contributed by atoms with Crippen LogP contribution < -0.4 is 0 Å². The van der Waals surface area contributed by atoms with Crippen LogP contribution >= 0.6 is 0 Å². The van der Waals surface area contributed by atoms with Crippen LogP contribution in [0.15, 0.2) is 79.6 Å². The fourth-order valence-electron chi connectivity index (χ4n) is 5.27. The van der Waals surface area contributed by atoms with Crippen molar-refractivity contribution in [2.45, 2.75) is 18.9 Å². The Kier molecular flexibility index (Phi) is 5.26. The van der Waals surface area contributed by atoms with E-state index in [1.165, 1.54) is 0 Å². The Morgan fingerprint density at radius 1 is 0.816 bits per heavy atom. The number of aromatic nitrogens is 6. The second kappa shape index (κ2) is 8.81. The molecule has 7 rings (SSSR count). The summed E-state index contributed by atoms with van der Waals surface area (Å²) in [5.74, 6) is -2.61. The molecule has 188 valence electrons. The SMILES string of the molecule is FC1(F)CCN(Cc2cncc(-c3ccc4[nH]nc(-c5cc6c(-c7ccncc7)cncc6[nH]5)c4c3)c2)C1. The number of hydrogen-bond acceptors (Lipinski definition) is 5. The molecule has 0 spiro atoms. The average Bonchev–Trinajstić information content (AvgIpc) is 3.64. The summed E-state index contributed by atoms with van der Waals surface area (Å²) in [5.41, 5.74) is 8.42. The van der Waals surface area contributed by atoms with E-state index in [1.807, 2.05) is 42.7 Å². The Balaban J connectivity index is 1.24. The molecule has 0 saturated carbocycles. The van der Waals surface area contributed by atoms with Crippen molar-refractivity contribution in [2.24, 2.45) is 0 Å². The standard InChI is InChI=1S/C29H23F2N7/c30-29(31)5-8-38(17-29)16-18-9-21(13-33-12-18)20-1-2-25-23(10-20)28(37-36-25)26-11-22-24(14-34-15-27(22)35-26)19-3-6-32-7-4-19/h1-4,6-7,9-15,35H,5,8,16-17H2,(H,36,37). The van der Waals surface area contributed by atoms with E-state index in [2.05, 4.69) is 42.3 Å². The van der Waals surface area contributed by atoms with E-state index < -0.39 is 5.92 Å². The Labute approximate surface area is 216 Å². The van der Waals surface area contributed by atoms with Crippen molar-refractivity contribution >= 4 is 21.8 Å². The van der Waals surface area contributed by atoms with Crippen LogP contribution in [0.5, 0.6) is 0 Å². The second-order valence-corrected chi connectivity index (χ2v) is 9.80. The molecule has 1 aliphatic heterocycles. The average molecular weight is 508 g/mol. The van der Waals surface area contributed by atoms with Crippen molar-refractivity contribution in [1.29, 1.82) is 0 Å². The number of nitrogens with one attached hydrogen (secondary N) is 2. The van der Waals surface area contributed by atoms with Crippen LogP contribution in [-0.4, -0.2) is 54.0 Å². The van der Waals surface area contributed by atoms with Crippen molar-refractivity contribution in [3.8, 4) is 33.6 Å². The van der Waals surface area contributed by atoms with Crippen molar-refractivity contribution in [1.82, 2.24) is 35.0 Å². The molecule has 0 atom stereocenters. The molecule has 1 fully saturated rings. The van der Waals surface area contributed by atoms with Gasteiger partial charge in [-0.05, 0) is 53.1 Å². The summed E-state index contributed by atoms with van der Waals surface area (Å²) in [7, 11) is 0. The topological polar surface area (TPSA) is 86.4 Å². The molecule has 1 saturated heterocycles. The molecule has 38 heavy (non-hydrogen) atoms. The Bertz CT molecular complexity index is 1770. The van der Waals surface area contributed by atoms with E-state index >= 15 is 0 Å². The van der Waals surface area contributed by atoms with E-state index in [1.54, 1.807) is 29.7 Å². The van der Waals surface area contributed by atoms with Gasteiger partial charge >= 0.3 is 0 Å². The highest BCUT2D eigenvalue weighted by molar-refractivity contribution is 6.01. The van der Waals surface area contributed by atoms with Crippen LogP contribution in [0.4, 0.5) is 8.78 Å². The smallest absolute Gasteiger partial charge is 0.261 e. The van der Waals surface area contributed by atoms with E-state index in [4.69, 9.17) is 0 Å². The number of H-pyrrole nitrogens is 2.